The number of nitrogens with zero attached hydrogens (tertiary/aromatic N) is 2. The van der Waals surface area contributed by atoms with Crippen molar-refractivity contribution in [2.45, 2.75) is 0 Å². The fourth-order valence-electron chi connectivity index (χ4n) is 0.846. The van der Waals surface area contributed by atoms with Gasteiger partial charge in [-0.15, -0.1) is 0 Å². The van der Waals surface area contributed by atoms with Crippen LogP contribution in [0.2, 0.25) is 0 Å². The Kier molecular flexibility index (Phi) is 2.53. The second-order valence-corrected chi connectivity index (χ2v) is 2.20. The average molecular weight is 184 g/mol. The molecule has 1 aromatic rings. The minimum atomic E-state index is -0.750. The lowest BCUT2D eigenvalue weighted by Crippen LogP contribution is -1.95. The lowest BCUT2D eigenvalue weighted by Gasteiger charge is -1.95. The minimum absolute atomic E-state index is 0.0499. The lowest BCUT2D eigenvalue weighted by atomic mass is 10.2. The maximum Gasteiger partial charge on any atom is 0.281 e. The Hall–Kier alpha value is -1.98. The van der Waals surface area contributed by atoms with Crippen molar-refractivity contribution in [2.75, 3.05) is 0 Å². The lowest BCUT2D eigenvalue weighted by molar-refractivity contribution is -0.385. The molecular weight excluding hydrogens is 179 g/mol. The predicted octanol–water partition coefficient (Wildman–Crippen LogP) is 1.54. The Labute approximate surface area is 72.3 Å². The molecule has 1 rings (SSSR count). The number of benzene rings is 1. The monoisotopic (exact) mass is 184 g/mol. The van der Waals surface area contributed by atoms with Gasteiger partial charge in [-0.2, -0.15) is 0 Å². The Morgan fingerprint density at radius 2 is 2.31 bits per heavy atom. The molecular formula is C7H5FN2O3. The second-order valence-electron chi connectivity index (χ2n) is 2.20. The number of halogens is 1. The van der Waals surface area contributed by atoms with Gasteiger partial charge in [-0.1, -0.05) is 5.16 Å². The summed E-state index contributed by atoms with van der Waals surface area (Å²) in [4.78, 5) is 9.59. The molecule has 0 unspecified atom stereocenters. The fraction of sp³-hybridized carbons (Fsp3) is 0. The van der Waals surface area contributed by atoms with Gasteiger partial charge in [-0.05, 0) is 12.1 Å². The molecule has 0 heterocycles. The number of nitro groups is 1. The molecule has 68 valence electrons. The van der Waals surface area contributed by atoms with E-state index < -0.39 is 16.4 Å². The standard InChI is InChI=1S/C7H5FN2O3/c8-6-2-1-5(4-9-11)7(3-6)10(12)13/h1-4,11H/b9-4-. The molecule has 0 aromatic heterocycles. The molecule has 1 N–H and O–H groups in total. The summed E-state index contributed by atoms with van der Waals surface area (Å²) < 4.78 is 12.5. The highest BCUT2D eigenvalue weighted by atomic mass is 19.1. The van der Waals surface area contributed by atoms with Crippen LogP contribution in [0, 0.1) is 15.9 Å². The topological polar surface area (TPSA) is 75.7 Å². The van der Waals surface area contributed by atoms with Crippen LogP contribution < -0.4 is 0 Å². The van der Waals surface area contributed by atoms with E-state index in [2.05, 4.69) is 5.16 Å². The first-order chi connectivity index (χ1) is 6.15. The highest BCUT2D eigenvalue weighted by Crippen LogP contribution is 2.17. The third-order valence-corrected chi connectivity index (χ3v) is 1.39. The first-order valence-corrected chi connectivity index (χ1v) is 3.26. The van der Waals surface area contributed by atoms with Crippen LogP contribution in [-0.4, -0.2) is 16.3 Å². The summed E-state index contributed by atoms with van der Waals surface area (Å²) in [6.45, 7) is 0. The van der Waals surface area contributed by atoms with Gasteiger partial charge in [0, 0.05) is 0 Å². The Bertz CT molecular complexity index is 365. The van der Waals surface area contributed by atoms with Crippen LogP contribution in [0.5, 0.6) is 0 Å². The van der Waals surface area contributed by atoms with Crippen LogP contribution in [0.4, 0.5) is 10.1 Å². The number of rotatable bonds is 2. The van der Waals surface area contributed by atoms with Crippen molar-refractivity contribution < 1.29 is 14.5 Å². The molecule has 6 heteroatoms. The summed E-state index contributed by atoms with van der Waals surface area (Å²) in [5.74, 6) is -0.707. The summed E-state index contributed by atoms with van der Waals surface area (Å²) in [6.07, 6.45) is 0.873. The molecule has 0 aliphatic carbocycles. The van der Waals surface area contributed by atoms with Crippen LogP contribution in [0.15, 0.2) is 23.4 Å². The van der Waals surface area contributed by atoms with Gasteiger partial charge in [0.1, 0.15) is 5.82 Å². The smallest absolute Gasteiger partial charge is 0.281 e. The minimum Gasteiger partial charge on any atom is -0.411 e. The van der Waals surface area contributed by atoms with Gasteiger partial charge < -0.3 is 5.21 Å². The first kappa shape index (κ1) is 9.11. The quantitative estimate of drug-likeness (QED) is 0.328. The molecule has 0 radical (unpaired) electrons. The number of hydrogen-bond donors (Lipinski definition) is 1. The molecule has 0 bridgehead atoms. The number of hydrogen-bond acceptors (Lipinski definition) is 4. The molecule has 0 saturated heterocycles. The van der Waals surface area contributed by atoms with Crippen LogP contribution in [0.3, 0.4) is 0 Å². The van der Waals surface area contributed by atoms with E-state index in [1.54, 1.807) is 0 Å². The van der Waals surface area contributed by atoms with E-state index in [-0.39, 0.29) is 5.56 Å². The molecule has 5 nitrogen and oxygen atoms in total. The van der Waals surface area contributed by atoms with Crippen LogP contribution in [0.25, 0.3) is 0 Å². The highest BCUT2D eigenvalue weighted by molar-refractivity contribution is 5.84. The van der Waals surface area contributed by atoms with Crippen molar-refractivity contribution in [3.05, 3.63) is 39.7 Å². The summed E-state index contributed by atoms with van der Waals surface area (Å²) in [7, 11) is 0. The normalized spacial score (nSPS) is 10.5. The van der Waals surface area contributed by atoms with E-state index in [0.717, 1.165) is 24.4 Å². The maximum atomic E-state index is 12.5. The molecule has 0 fully saturated rings. The van der Waals surface area contributed by atoms with Crippen LogP contribution in [-0.2, 0) is 0 Å². The summed E-state index contributed by atoms with van der Waals surface area (Å²) in [5, 5.41) is 21.1. The molecule has 0 spiro atoms. The zero-order valence-electron chi connectivity index (χ0n) is 6.35. The van der Waals surface area contributed by atoms with Gasteiger partial charge >= 0.3 is 0 Å². The molecule has 0 aliphatic heterocycles. The van der Waals surface area contributed by atoms with Crippen LogP contribution >= 0.6 is 0 Å². The summed E-state index contributed by atoms with van der Waals surface area (Å²) >= 11 is 0. The van der Waals surface area contributed by atoms with Crippen molar-refractivity contribution in [1.29, 1.82) is 0 Å². The average Bonchev–Trinajstić information content (AvgIpc) is 2.08. The van der Waals surface area contributed by atoms with Crippen LogP contribution in [0.1, 0.15) is 5.56 Å². The van der Waals surface area contributed by atoms with E-state index in [1.165, 1.54) is 0 Å². The Morgan fingerprint density at radius 1 is 1.62 bits per heavy atom. The maximum absolute atomic E-state index is 12.5. The van der Waals surface area contributed by atoms with Gasteiger partial charge in [0.25, 0.3) is 5.69 Å². The molecule has 0 saturated carbocycles. The van der Waals surface area contributed by atoms with Gasteiger partial charge in [0.05, 0.1) is 22.8 Å². The van der Waals surface area contributed by atoms with E-state index in [9.17, 15) is 14.5 Å². The van der Waals surface area contributed by atoms with Gasteiger partial charge in [-0.3, -0.25) is 10.1 Å². The molecule has 0 amide bonds. The largest absolute Gasteiger partial charge is 0.411 e. The van der Waals surface area contributed by atoms with Crippen molar-refractivity contribution in [3.8, 4) is 0 Å². The number of oxime groups is 1. The molecule has 1 aromatic carbocycles. The van der Waals surface area contributed by atoms with Crippen molar-refractivity contribution in [1.82, 2.24) is 0 Å². The Morgan fingerprint density at radius 3 is 2.85 bits per heavy atom. The summed E-state index contributed by atoms with van der Waals surface area (Å²) in [6, 6.07) is 2.97. The van der Waals surface area contributed by atoms with E-state index >= 15 is 0 Å². The molecule has 0 aliphatic rings. The SMILES string of the molecule is O=[N+]([O-])c1cc(F)ccc1/C=N\O. The first-order valence-electron chi connectivity index (χ1n) is 3.26. The van der Waals surface area contributed by atoms with Gasteiger partial charge in [-0.25, -0.2) is 4.39 Å². The molecule has 0 atom stereocenters. The summed E-state index contributed by atoms with van der Waals surface area (Å²) in [5.41, 5.74) is -0.383. The van der Waals surface area contributed by atoms with Crippen molar-refractivity contribution in [2.24, 2.45) is 5.16 Å². The van der Waals surface area contributed by atoms with Gasteiger partial charge in [0.15, 0.2) is 0 Å². The van der Waals surface area contributed by atoms with E-state index in [0.29, 0.717) is 0 Å². The zero-order valence-corrected chi connectivity index (χ0v) is 6.35. The van der Waals surface area contributed by atoms with Crippen molar-refractivity contribution >= 4 is 11.9 Å². The zero-order chi connectivity index (χ0) is 9.84. The van der Waals surface area contributed by atoms with E-state index in [4.69, 9.17) is 5.21 Å². The third kappa shape index (κ3) is 1.98. The third-order valence-electron chi connectivity index (χ3n) is 1.39. The predicted molar refractivity (Wildman–Crippen MR) is 42.4 cm³/mol. The van der Waals surface area contributed by atoms with Crippen molar-refractivity contribution in [3.63, 3.8) is 0 Å². The second kappa shape index (κ2) is 3.61. The van der Waals surface area contributed by atoms with E-state index in [1.807, 2.05) is 0 Å². The highest BCUT2D eigenvalue weighted by Gasteiger charge is 2.12. The molecule has 13 heavy (non-hydrogen) atoms. The fourth-order valence-corrected chi connectivity index (χ4v) is 0.846. The number of nitro benzene ring substituents is 1. The van der Waals surface area contributed by atoms with Gasteiger partial charge in [0.2, 0.25) is 0 Å². The Balaban J connectivity index is 3.26.